The smallest absolute Gasteiger partial charge is 0.253 e. The van der Waals surface area contributed by atoms with E-state index in [4.69, 9.17) is 5.84 Å². The molecule has 1 amide bonds. The molecule has 104 valence electrons. The van der Waals surface area contributed by atoms with E-state index in [1.807, 2.05) is 0 Å². The molecule has 1 aromatic rings. The second-order valence-corrected chi connectivity index (χ2v) is 5.11. The summed E-state index contributed by atoms with van der Waals surface area (Å²) in [7, 11) is 0. The van der Waals surface area contributed by atoms with Gasteiger partial charge in [-0.25, -0.2) is 10.8 Å². The van der Waals surface area contributed by atoms with E-state index >= 15 is 0 Å². The average Bonchev–Trinajstić information content (AvgIpc) is 2.48. The first-order chi connectivity index (χ1) is 9.24. The van der Waals surface area contributed by atoms with Crippen molar-refractivity contribution in [3.8, 4) is 0 Å². The van der Waals surface area contributed by atoms with Gasteiger partial charge in [0.05, 0.1) is 5.56 Å². The average molecular weight is 262 g/mol. The Morgan fingerprint density at radius 1 is 1.42 bits per heavy atom. The van der Waals surface area contributed by atoms with Crippen LogP contribution in [0.3, 0.4) is 0 Å². The number of nitrogens with two attached hydrogens (primary N) is 1. The fraction of sp³-hybridized carbons (Fsp3) is 0.571. The van der Waals surface area contributed by atoms with E-state index in [2.05, 4.69) is 22.7 Å². The number of nitrogen functional groups attached to an aromatic ring is 1. The monoisotopic (exact) mass is 262 g/mol. The lowest BCUT2D eigenvalue weighted by atomic mass is 9.83. The van der Waals surface area contributed by atoms with Crippen LogP contribution in [0.2, 0.25) is 0 Å². The molecule has 5 heteroatoms. The Bertz CT molecular complexity index is 418. The Morgan fingerprint density at radius 2 is 2.21 bits per heavy atom. The Labute approximate surface area is 114 Å². The number of anilines is 1. The fourth-order valence-electron chi connectivity index (χ4n) is 2.75. The third-order valence-corrected chi connectivity index (χ3v) is 3.92. The quantitative estimate of drug-likeness (QED) is 0.573. The number of carbonyl (C=O) groups excluding carboxylic acids is 1. The Morgan fingerprint density at radius 3 is 2.84 bits per heavy atom. The molecule has 0 aliphatic heterocycles. The van der Waals surface area contributed by atoms with Gasteiger partial charge in [-0.05, 0) is 30.9 Å². The molecule has 2 unspecified atom stereocenters. The van der Waals surface area contributed by atoms with E-state index in [0.29, 0.717) is 23.3 Å². The van der Waals surface area contributed by atoms with Gasteiger partial charge < -0.3 is 10.7 Å². The van der Waals surface area contributed by atoms with Gasteiger partial charge in [0.25, 0.3) is 5.91 Å². The van der Waals surface area contributed by atoms with Gasteiger partial charge in [0.1, 0.15) is 5.82 Å². The van der Waals surface area contributed by atoms with Crippen LogP contribution in [0.4, 0.5) is 5.82 Å². The molecule has 1 fully saturated rings. The first kappa shape index (κ1) is 13.8. The third-order valence-electron chi connectivity index (χ3n) is 3.92. The van der Waals surface area contributed by atoms with Gasteiger partial charge >= 0.3 is 0 Å². The molecule has 4 N–H and O–H groups in total. The number of nitrogens with zero attached hydrogens (tertiary/aromatic N) is 1. The van der Waals surface area contributed by atoms with E-state index in [9.17, 15) is 4.79 Å². The molecule has 2 atom stereocenters. The molecule has 0 bridgehead atoms. The second kappa shape index (κ2) is 6.52. The van der Waals surface area contributed by atoms with Gasteiger partial charge in [-0.1, -0.05) is 26.2 Å². The van der Waals surface area contributed by atoms with Crippen molar-refractivity contribution in [2.75, 3.05) is 5.43 Å². The second-order valence-electron chi connectivity index (χ2n) is 5.11. The maximum Gasteiger partial charge on any atom is 0.253 e. The van der Waals surface area contributed by atoms with Crippen LogP contribution in [0.15, 0.2) is 18.3 Å². The minimum absolute atomic E-state index is 0.0404. The van der Waals surface area contributed by atoms with Gasteiger partial charge in [-0.3, -0.25) is 4.79 Å². The number of pyridine rings is 1. The number of aromatic nitrogens is 1. The van der Waals surface area contributed by atoms with Gasteiger partial charge in [0.2, 0.25) is 0 Å². The van der Waals surface area contributed by atoms with Gasteiger partial charge in [0, 0.05) is 12.2 Å². The maximum atomic E-state index is 12.2. The van der Waals surface area contributed by atoms with E-state index in [1.165, 1.54) is 19.3 Å². The summed E-state index contributed by atoms with van der Waals surface area (Å²) in [5, 5.41) is 3.14. The molecule has 1 aliphatic carbocycles. The topological polar surface area (TPSA) is 80.0 Å². The summed E-state index contributed by atoms with van der Waals surface area (Å²) >= 11 is 0. The molecule has 0 aromatic carbocycles. The zero-order valence-corrected chi connectivity index (χ0v) is 11.4. The first-order valence-corrected chi connectivity index (χ1v) is 6.98. The number of nitrogens with one attached hydrogen (secondary N) is 2. The zero-order valence-electron chi connectivity index (χ0n) is 11.4. The molecule has 0 saturated heterocycles. The molecular formula is C14H22N4O. The number of hydrogen-bond acceptors (Lipinski definition) is 4. The molecule has 0 radical (unpaired) electrons. The molecule has 2 rings (SSSR count). The van der Waals surface area contributed by atoms with E-state index < -0.39 is 0 Å². The summed E-state index contributed by atoms with van der Waals surface area (Å²) in [5.41, 5.74) is 3.03. The standard InChI is InChI=1S/C14H22N4O/c1-2-10-5-3-4-6-12(10)17-14(19)11-7-8-13(18-15)16-9-11/h7-10,12H,2-6,15H2,1H3,(H,16,18)(H,17,19). The van der Waals surface area contributed by atoms with Crippen LogP contribution in [-0.4, -0.2) is 16.9 Å². The van der Waals surface area contributed by atoms with Crippen molar-refractivity contribution >= 4 is 11.7 Å². The third kappa shape index (κ3) is 3.44. The van der Waals surface area contributed by atoms with E-state index in [0.717, 1.165) is 12.8 Å². The van der Waals surface area contributed by atoms with Crippen molar-refractivity contribution in [2.24, 2.45) is 11.8 Å². The van der Waals surface area contributed by atoms with Crippen molar-refractivity contribution in [1.82, 2.24) is 10.3 Å². The minimum atomic E-state index is -0.0404. The number of carbonyl (C=O) groups is 1. The minimum Gasteiger partial charge on any atom is -0.349 e. The summed E-state index contributed by atoms with van der Waals surface area (Å²) in [4.78, 5) is 16.2. The van der Waals surface area contributed by atoms with Gasteiger partial charge in [-0.2, -0.15) is 0 Å². The van der Waals surface area contributed by atoms with E-state index in [-0.39, 0.29) is 5.91 Å². The Kier molecular flexibility index (Phi) is 4.74. The SMILES string of the molecule is CCC1CCCCC1NC(=O)c1ccc(NN)nc1. The number of amides is 1. The first-order valence-electron chi connectivity index (χ1n) is 6.98. The predicted octanol–water partition coefficient (Wildman–Crippen LogP) is 2.07. The highest BCUT2D eigenvalue weighted by atomic mass is 16.1. The number of hydrazine groups is 1. The normalized spacial score (nSPS) is 22.8. The highest BCUT2D eigenvalue weighted by molar-refractivity contribution is 5.94. The summed E-state index contributed by atoms with van der Waals surface area (Å²) in [6.07, 6.45) is 7.46. The lowest BCUT2D eigenvalue weighted by Crippen LogP contribution is -2.41. The maximum absolute atomic E-state index is 12.2. The van der Waals surface area contributed by atoms with Crippen LogP contribution in [0, 0.1) is 5.92 Å². The summed E-state index contributed by atoms with van der Waals surface area (Å²) in [6, 6.07) is 3.74. The molecule has 5 nitrogen and oxygen atoms in total. The van der Waals surface area contributed by atoms with Crippen LogP contribution >= 0.6 is 0 Å². The molecule has 1 heterocycles. The van der Waals surface area contributed by atoms with Crippen molar-refractivity contribution < 1.29 is 4.79 Å². The van der Waals surface area contributed by atoms with E-state index in [1.54, 1.807) is 18.3 Å². The summed E-state index contributed by atoms with van der Waals surface area (Å²) in [5.74, 6) is 6.37. The molecule has 19 heavy (non-hydrogen) atoms. The van der Waals surface area contributed by atoms with Crippen molar-refractivity contribution in [3.05, 3.63) is 23.9 Å². The lowest BCUT2D eigenvalue weighted by molar-refractivity contribution is 0.0904. The lowest BCUT2D eigenvalue weighted by Gasteiger charge is -2.31. The van der Waals surface area contributed by atoms with Crippen LogP contribution in [0.1, 0.15) is 49.4 Å². The summed E-state index contributed by atoms with van der Waals surface area (Å²) < 4.78 is 0. The highest BCUT2D eigenvalue weighted by Crippen LogP contribution is 2.27. The number of rotatable bonds is 4. The highest BCUT2D eigenvalue weighted by Gasteiger charge is 2.25. The Balaban J connectivity index is 1.98. The Hall–Kier alpha value is -1.62. The zero-order chi connectivity index (χ0) is 13.7. The van der Waals surface area contributed by atoms with Crippen LogP contribution < -0.4 is 16.6 Å². The van der Waals surface area contributed by atoms with Crippen LogP contribution in [0.25, 0.3) is 0 Å². The predicted molar refractivity (Wildman–Crippen MR) is 75.6 cm³/mol. The molecule has 1 saturated carbocycles. The van der Waals surface area contributed by atoms with Crippen molar-refractivity contribution in [1.29, 1.82) is 0 Å². The van der Waals surface area contributed by atoms with Crippen LogP contribution in [0.5, 0.6) is 0 Å². The molecular weight excluding hydrogens is 240 g/mol. The van der Waals surface area contributed by atoms with Gasteiger partial charge in [-0.15, -0.1) is 0 Å². The fourth-order valence-corrected chi connectivity index (χ4v) is 2.75. The molecule has 1 aromatic heterocycles. The van der Waals surface area contributed by atoms with Crippen molar-refractivity contribution in [2.45, 2.75) is 45.1 Å². The van der Waals surface area contributed by atoms with Gasteiger partial charge in [0.15, 0.2) is 0 Å². The number of hydrogen-bond donors (Lipinski definition) is 3. The largest absolute Gasteiger partial charge is 0.349 e. The summed E-state index contributed by atoms with van der Waals surface area (Å²) in [6.45, 7) is 2.19. The molecule has 1 aliphatic rings. The molecule has 0 spiro atoms. The van der Waals surface area contributed by atoms with Crippen LogP contribution in [-0.2, 0) is 0 Å². The van der Waals surface area contributed by atoms with Crippen molar-refractivity contribution in [3.63, 3.8) is 0 Å².